The molecule has 0 aromatic heterocycles. The Morgan fingerprint density at radius 2 is 2.17 bits per heavy atom. The number of hydrogen-bond acceptors (Lipinski definition) is 3. The molecule has 0 radical (unpaired) electrons. The first-order chi connectivity index (χ1) is 5.60. The van der Waals surface area contributed by atoms with Crippen molar-refractivity contribution in [1.82, 2.24) is 0 Å². The van der Waals surface area contributed by atoms with E-state index in [1.165, 1.54) is 0 Å². The molecule has 0 bridgehead atoms. The van der Waals surface area contributed by atoms with Crippen LogP contribution in [0.3, 0.4) is 0 Å². The van der Waals surface area contributed by atoms with E-state index in [0.29, 0.717) is 13.0 Å². The molecule has 12 heavy (non-hydrogen) atoms. The van der Waals surface area contributed by atoms with E-state index in [-0.39, 0.29) is 5.97 Å². The lowest BCUT2D eigenvalue weighted by molar-refractivity contribution is -0.147. The van der Waals surface area contributed by atoms with Gasteiger partial charge in [0, 0.05) is 0 Å². The Bertz CT molecular complexity index is 177. The molecule has 2 N–H and O–H groups in total. The largest absolute Gasteiger partial charge is 0.464 e. The molecule has 0 spiro atoms. The van der Waals surface area contributed by atoms with Crippen LogP contribution in [0.4, 0.5) is 0 Å². The van der Waals surface area contributed by atoms with Crippen LogP contribution in [0.25, 0.3) is 0 Å². The summed E-state index contributed by atoms with van der Waals surface area (Å²) in [4.78, 5) is 11.3. The molecule has 0 aliphatic heterocycles. The van der Waals surface area contributed by atoms with E-state index >= 15 is 0 Å². The van der Waals surface area contributed by atoms with Gasteiger partial charge in [0.2, 0.25) is 0 Å². The van der Waals surface area contributed by atoms with E-state index in [1.54, 1.807) is 19.1 Å². The monoisotopic (exact) mass is 171 g/mol. The number of hydrogen-bond donors (Lipinski definition) is 1. The van der Waals surface area contributed by atoms with Gasteiger partial charge in [0.15, 0.2) is 0 Å². The minimum atomic E-state index is -0.940. The van der Waals surface area contributed by atoms with Crippen molar-refractivity contribution in [3.05, 3.63) is 12.2 Å². The molecule has 3 heteroatoms. The van der Waals surface area contributed by atoms with Gasteiger partial charge in [-0.25, -0.2) is 4.79 Å². The predicted octanol–water partition coefficient (Wildman–Crippen LogP) is 1.23. The van der Waals surface area contributed by atoms with Crippen LogP contribution >= 0.6 is 0 Å². The quantitative estimate of drug-likeness (QED) is 0.511. The molecular weight excluding hydrogens is 154 g/mol. The first-order valence-corrected chi connectivity index (χ1v) is 4.20. The minimum Gasteiger partial charge on any atom is -0.464 e. The molecule has 70 valence electrons. The van der Waals surface area contributed by atoms with Gasteiger partial charge in [-0.1, -0.05) is 19.1 Å². The average molecular weight is 171 g/mol. The molecule has 0 aromatic carbocycles. The number of rotatable bonds is 4. The van der Waals surface area contributed by atoms with Crippen LogP contribution < -0.4 is 5.73 Å². The molecular formula is C9H17NO2. The number of allylic oxidation sites excluding steroid dienone is 1. The first kappa shape index (κ1) is 11.2. The summed E-state index contributed by atoms with van der Waals surface area (Å²) in [5.41, 5.74) is 4.84. The molecule has 0 fully saturated rings. The fourth-order valence-electron chi connectivity index (χ4n) is 0.893. The molecule has 0 amide bonds. The summed E-state index contributed by atoms with van der Waals surface area (Å²) >= 11 is 0. The highest BCUT2D eigenvalue weighted by Crippen LogP contribution is 2.10. The lowest BCUT2D eigenvalue weighted by Gasteiger charge is -2.21. The van der Waals surface area contributed by atoms with Crippen molar-refractivity contribution in [3.8, 4) is 0 Å². The summed E-state index contributed by atoms with van der Waals surface area (Å²) in [7, 11) is 0. The van der Waals surface area contributed by atoms with Crippen LogP contribution in [0.15, 0.2) is 12.2 Å². The maximum Gasteiger partial charge on any atom is 0.330 e. The molecule has 0 saturated carbocycles. The number of carbonyl (C=O) groups excluding carboxylic acids is 1. The van der Waals surface area contributed by atoms with E-state index in [4.69, 9.17) is 10.5 Å². The predicted molar refractivity (Wildman–Crippen MR) is 48.7 cm³/mol. The Hall–Kier alpha value is -0.830. The molecule has 1 atom stereocenters. The standard InChI is InChI=1S/C9H17NO2/c1-4-7-9(10,5-2)8(11)12-6-3/h4,7H,5-6,10H2,1-3H3/b7-4+. The van der Waals surface area contributed by atoms with Crippen molar-refractivity contribution in [2.24, 2.45) is 5.73 Å². The van der Waals surface area contributed by atoms with Crippen LogP contribution in [-0.4, -0.2) is 18.1 Å². The summed E-state index contributed by atoms with van der Waals surface area (Å²) < 4.78 is 4.84. The summed E-state index contributed by atoms with van der Waals surface area (Å²) in [6.07, 6.45) is 3.99. The van der Waals surface area contributed by atoms with Gasteiger partial charge in [-0.05, 0) is 20.3 Å². The molecule has 0 heterocycles. The van der Waals surface area contributed by atoms with Gasteiger partial charge in [-0.3, -0.25) is 0 Å². The lowest BCUT2D eigenvalue weighted by atomic mass is 9.97. The molecule has 0 aliphatic rings. The molecule has 0 aliphatic carbocycles. The number of ether oxygens (including phenoxy) is 1. The highest BCUT2D eigenvalue weighted by atomic mass is 16.5. The van der Waals surface area contributed by atoms with Gasteiger partial charge in [-0.15, -0.1) is 0 Å². The fraction of sp³-hybridized carbons (Fsp3) is 0.667. The van der Waals surface area contributed by atoms with Crippen molar-refractivity contribution in [2.45, 2.75) is 32.7 Å². The van der Waals surface area contributed by atoms with E-state index in [1.807, 2.05) is 13.8 Å². The van der Waals surface area contributed by atoms with Crippen LogP contribution in [0, 0.1) is 0 Å². The Balaban J connectivity index is 4.40. The number of esters is 1. The third kappa shape index (κ3) is 2.66. The summed E-state index contributed by atoms with van der Waals surface area (Å²) in [6, 6.07) is 0. The second-order valence-corrected chi connectivity index (χ2v) is 2.61. The summed E-state index contributed by atoms with van der Waals surface area (Å²) in [5, 5.41) is 0. The molecule has 3 nitrogen and oxygen atoms in total. The Morgan fingerprint density at radius 3 is 2.50 bits per heavy atom. The minimum absolute atomic E-state index is 0.356. The molecule has 0 aromatic rings. The van der Waals surface area contributed by atoms with E-state index in [2.05, 4.69) is 0 Å². The Morgan fingerprint density at radius 1 is 1.58 bits per heavy atom. The normalized spacial score (nSPS) is 16.0. The fourth-order valence-corrected chi connectivity index (χ4v) is 0.893. The van der Waals surface area contributed by atoms with Crippen LogP contribution in [0.1, 0.15) is 27.2 Å². The van der Waals surface area contributed by atoms with Gasteiger partial charge < -0.3 is 10.5 Å². The van der Waals surface area contributed by atoms with E-state index in [0.717, 1.165) is 0 Å². The Labute approximate surface area is 73.6 Å². The number of carbonyl (C=O) groups is 1. The second-order valence-electron chi connectivity index (χ2n) is 2.61. The van der Waals surface area contributed by atoms with Crippen molar-refractivity contribution < 1.29 is 9.53 Å². The third-order valence-corrected chi connectivity index (χ3v) is 1.70. The zero-order valence-corrected chi connectivity index (χ0v) is 7.96. The maximum atomic E-state index is 11.3. The molecule has 0 rings (SSSR count). The van der Waals surface area contributed by atoms with Crippen LogP contribution in [0.5, 0.6) is 0 Å². The van der Waals surface area contributed by atoms with Crippen molar-refractivity contribution >= 4 is 5.97 Å². The van der Waals surface area contributed by atoms with E-state index < -0.39 is 5.54 Å². The lowest BCUT2D eigenvalue weighted by Crippen LogP contribution is -2.46. The maximum absolute atomic E-state index is 11.3. The third-order valence-electron chi connectivity index (χ3n) is 1.70. The smallest absolute Gasteiger partial charge is 0.330 e. The highest BCUT2D eigenvalue weighted by Gasteiger charge is 2.29. The SMILES string of the molecule is C/C=C/C(N)(CC)C(=O)OCC. The summed E-state index contributed by atoms with van der Waals surface area (Å²) in [5.74, 6) is -0.356. The van der Waals surface area contributed by atoms with Crippen LogP contribution in [0.2, 0.25) is 0 Å². The highest BCUT2D eigenvalue weighted by molar-refractivity contribution is 5.83. The van der Waals surface area contributed by atoms with Gasteiger partial charge >= 0.3 is 5.97 Å². The van der Waals surface area contributed by atoms with Gasteiger partial charge in [-0.2, -0.15) is 0 Å². The summed E-state index contributed by atoms with van der Waals surface area (Å²) in [6.45, 7) is 5.83. The van der Waals surface area contributed by atoms with Gasteiger partial charge in [0.25, 0.3) is 0 Å². The van der Waals surface area contributed by atoms with Gasteiger partial charge in [0.1, 0.15) is 5.54 Å². The van der Waals surface area contributed by atoms with Crippen molar-refractivity contribution in [2.75, 3.05) is 6.61 Å². The molecule has 1 unspecified atom stereocenters. The molecule has 0 saturated heterocycles. The van der Waals surface area contributed by atoms with E-state index in [9.17, 15) is 4.79 Å². The number of nitrogens with two attached hydrogens (primary N) is 1. The van der Waals surface area contributed by atoms with Gasteiger partial charge in [0.05, 0.1) is 6.61 Å². The second kappa shape index (κ2) is 4.93. The zero-order valence-electron chi connectivity index (χ0n) is 7.96. The zero-order chi connectivity index (χ0) is 9.61. The average Bonchev–Trinajstić information content (AvgIpc) is 2.05. The Kier molecular flexibility index (Phi) is 4.59. The van der Waals surface area contributed by atoms with Crippen molar-refractivity contribution in [3.63, 3.8) is 0 Å². The first-order valence-electron chi connectivity index (χ1n) is 4.20. The topological polar surface area (TPSA) is 52.3 Å². The van der Waals surface area contributed by atoms with Crippen LogP contribution in [-0.2, 0) is 9.53 Å². The van der Waals surface area contributed by atoms with Crippen molar-refractivity contribution in [1.29, 1.82) is 0 Å².